The maximum Gasteiger partial charge on any atom is 0.349 e. The zero-order chi connectivity index (χ0) is 18.2. The maximum atomic E-state index is 13.6. The van der Waals surface area contributed by atoms with Crippen LogP contribution in [0.1, 0.15) is 5.56 Å². The molecule has 1 fully saturated rings. The van der Waals surface area contributed by atoms with Gasteiger partial charge in [-0.05, 0) is 12.1 Å². The number of hydrogen-bond acceptors (Lipinski definition) is 6. The van der Waals surface area contributed by atoms with Crippen molar-refractivity contribution < 1.29 is 33.4 Å². The van der Waals surface area contributed by atoms with Crippen LogP contribution in [0.3, 0.4) is 0 Å². The van der Waals surface area contributed by atoms with Crippen molar-refractivity contribution in [3.05, 3.63) is 46.8 Å². The molecule has 1 N–H and O–H groups in total. The van der Waals surface area contributed by atoms with Gasteiger partial charge in [-0.15, -0.1) is 5.06 Å². The third-order valence-corrected chi connectivity index (χ3v) is 3.65. The first-order valence-corrected chi connectivity index (χ1v) is 7.83. The molecule has 9 heteroatoms. The fourth-order valence-electron chi connectivity index (χ4n) is 2.14. The molecule has 0 aliphatic carbocycles. The summed E-state index contributed by atoms with van der Waals surface area (Å²) in [6.45, 7) is 1.06. The summed E-state index contributed by atoms with van der Waals surface area (Å²) < 4.78 is 24.6. The molecule has 7 nitrogen and oxygen atoms in total. The van der Waals surface area contributed by atoms with E-state index in [0.717, 1.165) is 6.08 Å². The van der Waals surface area contributed by atoms with Gasteiger partial charge < -0.3 is 19.4 Å². The molecular weight excluding hydrogens is 357 g/mol. The highest BCUT2D eigenvalue weighted by molar-refractivity contribution is 6.31. The summed E-state index contributed by atoms with van der Waals surface area (Å²) in [7, 11) is 0. The van der Waals surface area contributed by atoms with Crippen molar-refractivity contribution in [2.75, 3.05) is 26.3 Å². The molecule has 1 unspecified atom stereocenters. The lowest BCUT2D eigenvalue weighted by atomic mass is 10.2. The van der Waals surface area contributed by atoms with Gasteiger partial charge in [-0.3, -0.25) is 0 Å². The molecule has 1 aliphatic heterocycles. The molecule has 1 aromatic carbocycles. The van der Waals surface area contributed by atoms with Gasteiger partial charge in [-0.25, -0.2) is 14.0 Å². The Balaban J connectivity index is 1.77. The van der Waals surface area contributed by atoms with Crippen LogP contribution in [0.25, 0.3) is 0 Å². The fourth-order valence-corrected chi connectivity index (χ4v) is 2.35. The SMILES string of the molecule is O=C(O)/C=C\C(=O)ON1CCOC(COCc2c(F)cccc2Cl)C1. The number of carboxylic acid groups (broad SMARTS) is 1. The number of nitrogens with zero attached hydrogens (tertiary/aromatic N) is 1. The van der Waals surface area contributed by atoms with Crippen molar-refractivity contribution in [2.24, 2.45) is 0 Å². The lowest BCUT2D eigenvalue weighted by Crippen LogP contribution is -2.45. The first-order chi connectivity index (χ1) is 12.0. The predicted molar refractivity (Wildman–Crippen MR) is 85.2 cm³/mol. The largest absolute Gasteiger partial charge is 0.478 e. The monoisotopic (exact) mass is 373 g/mol. The van der Waals surface area contributed by atoms with Crippen molar-refractivity contribution >= 4 is 23.5 Å². The fraction of sp³-hybridized carbons (Fsp3) is 0.375. The highest BCUT2D eigenvalue weighted by Gasteiger charge is 2.23. The molecule has 1 aromatic rings. The van der Waals surface area contributed by atoms with Crippen LogP contribution >= 0.6 is 11.6 Å². The molecule has 25 heavy (non-hydrogen) atoms. The minimum Gasteiger partial charge on any atom is -0.478 e. The molecule has 1 aliphatic rings. The van der Waals surface area contributed by atoms with E-state index < -0.39 is 17.8 Å². The number of hydrogen-bond donors (Lipinski definition) is 1. The van der Waals surface area contributed by atoms with E-state index in [1.807, 2.05) is 0 Å². The van der Waals surface area contributed by atoms with Gasteiger partial charge in [0, 0.05) is 22.7 Å². The van der Waals surface area contributed by atoms with E-state index in [0.29, 0.717) is 19.2 Å². The Labute approximate surface area is 148 Å². The van der Waals surface area contributed by atoms with Crippen LogP contribution in [0.2, 0.25) is 5.02 Å². The molecule has 0 spiro atoms. The Morgan fingerprint density at radius 2 is 2.24 bits per heavy atom. The Morgan fingerprint density at radius 1 is 1.44 bits per heavy atom. The van der Waals surface area contributed by atoms with E-state index in [1.54, 1.807) is 6.07 Å². The highest BCUT2D eigenvalue weighted by Crippen LogP contribution is 2.20. The summed E-state index contributed by atoms with van der Waals surface area (Å²) in [5.41, 5.74) is 0.266. The van der Waals surface area contributed by atoms with E-state index in [1.165, 1.54) is 17.2 Å². The van der Waals surface area contributed by atoms with E-state index >= 15 is 0 Å². The number of carbonyl (C=O) groups is 2. The maximum absolute atomic E-state index is 13.6. The number of halogens is 2. The lowest BCUT2D eigenvalue weighted by Gasteiger charge is -2.30. The molecule has 136 valence electrons. The molecule has 0 aromatic heterocycles. The number of aliphatic carboxylic acids is 1. The van der Waals surface area contributed by atoms with Gasteiger partial charge >= 0.3 is 11.9 Å². The third-order valence-electron chi connectivity index (χ3n) is 3.29. The minimum atomic E-state index is -1.24. The number of morpholine rings is 1. The number of carbonyl (C=O) groups excluding carboxylic acids is 1. The van der Waals surface area contributed by atoms with Crippen molar-refractivity contribution in [3.8, 4) is 0 Å². The smallest absolute Gasteiger partial charge is 0.349 e. The van der Waals surface area contributed by atoms with Crippen LogP contribution < -0.4 is 0 Å². The topological polar surface area (TPSA) is 85.3 Å². The van der Waals surface area contributed by atoms with Crippen LogP contribution in [-0.4, -0.2) is 54.5 Å². The first-order valence-electron chi connectivity index (χ1n) is 7.46. The molecule has 1 atom stereocenters. The second-order valence-corrected chi connectivity index (χ2v) is 5.59. The van der Waals surface area contributed by atoms with Gasteiger partial charge in [0.25, 0.3) is 0 Å². The molecule has 0 radical (unpaired) electrons. The summed E-state index contributed by atoms with van der Waals surface area (Å²) in [5.74, 6) is -2.48. The zero-order valence-electron chi connectivity index (χ0n) is 13.2. The molecule has 0 amide bonds. The van der Waals surface area contributed by atoms with Gasteiger partial charge in [0.05, 0.1) is 39.0 Å². The number of hydroxylamine groups is 2. The Bertz CT molecular complexity index is 633. The first kappa shape index (κ1) is 19.3. The minimum absolute atomic E-state index is 0.00744. The van der Waals surface area contributed by atoms with Crippen LogP contribution in [0.4, 0.5) is 4.39 Å². The predicted octanol–water partition coefficient (Wildman–Crippen LogP) is 1.80. The number of carboxylic acids is 1. The van der Waals surface area contributed by atoms with E-state index in [9.17, 15) is 14.0 Å². The molecule has 1 saturated heterocycles. The molecule has 1 heterocycles. The van der Waals surface area contributed by atoms with Crippen LogP contribution in [0, 0.1) is 5.82 Å². The second kappa shape index (κ2) is 9.47. The zero-order valence-corrected chi connectivity index (χ0v) is 13.9. The quantitative estimate of drug-likeness (QED) is 0.729. The third kappa shape index (κ3) is 6.43. The molecule has 0 bridgehead atoms. The average molecular weight is 374 g/mol. The summed E-state index contributed by atoms with van der Waals surface area (Å²) in [4.78, 5) is 26.8. The molecular formula is C16H17ClFNO6. The van der Waals surface area contributed by atoms with Gasteiger partial charge in [0.1, 0.15) is 5.82 Å². The van der Waals surface area contributed by atoms with Crippen molar-refractivity contribution in [1.29, 1.82) is 0 Å². The Kier molecular flexibility index (Phi) is 7.32. The van der Waals surface area contributed by atoms with Gasteiger partial charge in [-0.2, -0.15) is 0 Å². The molecule has 2 rings (SSSR count). The Morgan fingerprint density at radius 3 is 2.96 bits per heavy atom. The van der Waals surface area contributed by atoms with Gasteiger partial charge in [-0.1, -0.05) is 17.7 Å². The van der Waals surface area contributed by atoms with E-state index in [4.69, 9.17) is 31.0 Å². The summed E-state index contributed by atoms with van der Waals surface area (Å²) in [6.07, 6.45) is 1.14. The number of benzene rings is 1. The average Bonchev–Trinajstić information content (AvgIpc) is 2.56. The standard InChI is InChI=1S/C16H17ClFNO6/c17-13-2-1-3-14(18)12(13)10-23-9-11-8-19(6-7-24-11)25-16(22)5-4-15(20)21/h1-5,11H,6-10H2,(H,20,21)/b5-4-. The van der Waals surface area contributed by atoms with Gasteiger partial charge in [0.2, 0.25) is 0 Å². The normalized spacial score (nSPS) is 18.4. The summed E-state index contributed by atoms with van der Waals surface area (Å²) in [6, 6.07) is 4.39. The lowest BCUT2D eigenvalue weighted by molar-refractivity contribution is -0.214. The van der Waals surface area contributed by atoms with Crippen molar-refractivity contribution in [2.45, 2.75) is 12.7 Å². The van der Waals surface area contributed by atoms with Crippen LogP contribution in [-0.2, 0) is 30.5 Å². The van der Waals surface area contributed by atoms with E-state index in [-0.39, 0.29) is 36.4 Å². The number of ether oxygens (including phenoxy) is 2. The highest BCUT2D eigenvalue weighted by atomic mass is 35.5. The van der Waals surface area contributed by atoms with Crippen molar-refractivity contribution in [1.82, 2.24) is 5.06 Å². The van der Waals surface area contributed by atoms with Crippen LogP contribution in [0.15, 0.2) is 30.4 Å². The molecule has 0 saturated carbocycles. The van der Waals surface area contributed by atoms with Crippen LogP contribution in [0.5, 0.6) is 0 Å². The Hall–Kier alpha value is -2.00. The van der Waals surface area contributed by atoms with E-state index in [2.05, 4.69) is 0 Å². The van der Waals surface area contributed by atoms with Crippen molar-refractivity contribution in [3.63, 3.8) is 0 Å². The van der Waals surface area contributed by atoms with Gasteiger partial charge in [0.15, 0.2) is 0 Å². The summed E-state index contributed by atoms with van der Waals surface area (Å²) >= 11 is 5.92. The summed E-state index contributed by atoms with van der Waals surface area (Å²) in [5, 5.41) is 10.1. The number of rotatable bonds is 7. The second-order valence-electron chi connectivity index (χ2n) is 5.18.